The van der Waals surface area contributed by atoms with Crippen molar-refractivity contribution in [3.8, 4) is 22.5 Å². The van der Waals surface area contributed by atoms with Crippen molar-refractivity contribution in [2.45, 2.75) is 26.7 Å². The summed E-state index contributed by atoms with van der Waals surface area (Å²) >= 11 is 0. The zero-order valence-corrected chi connectivity index (χ0v) is 26.5. The minimum atomic E-state index is 0.222. The molecule has 46 heavy (non-hydrogen) atoms. The maximum Gasteiger partial charge on any atom is 0.0975 e. The molecule has 0 unspecified atom stereocenters. The second-order valence-electron chi connectivity index (χ2n) is 12.0. The van der Waals surface area contributed by atoms with Gasteiger partial charge in [0.1, 0.15) is 0 Å². The maximum atomic E-state index is 5.21. The Kier molecular flexibility index (Phi) is 8.10. The van der Waals surface area contributed by atoms with Gasteiger partial charge in [0, 0.05) is 21.9 Å². The van der Waals surface area contributed by atoms with Crippen LogP contribution < -0.4 is 0 Å². The first kappa shape index (κ1) is 29.1. The minimum absolute atomic E-state index is 0.222. The van der Waals surface area contributed by atoms with E-state index in [2.05, 4.69) is 172 Å². The second-order valence-corrected chi connectivity index (χ2v) is 12.0. The molecular formula is C44H36N2. The average molecular weight is 593 g/mol. The van der Waals surface area contributed by atoms with Crippen LogP contribution in [0.4, 0.5) is 0 Å². The Morgan fingerprint density at radius 1 is 0.587 bits per heavy atom. The molecule has 0 saturated carbocycles. The molecule has 0 radical (unpaired) electrons. The number of aryl methyl sites for hydroxylation is 1. The summed E-state index contributed by atoms with van der Waals surface area (Å²) in [4.78, 5) is 10.3. The number of aromatic nitrogens is 2. The fraction of sp³-hybridized carbons (Fsp3) is 0.0909. The van der Waals surface area contributed by atoms with E-state index in [9.17, 15) is 0 Å². The highest BCUT2D eigenvalue weighted by molar-refractivity contribution is 6.05. The van der Waals surface area contributed by atoms with Gasteiger partial charge in [-0.05, 0) is 65.3 Å². The van der Waals surface area contributed by atoms with Crippen LogP contribution in [0.5, 0.6) is 0 Å². The van der Waals surface area contributed by atoms with E-state index in [1.807, 2.05) is 6.07 Å². The molecule has 0 N–H and O–H groups in total. The normalized spacial score (nSPS) is 12.8. The molecule has 1 atom stereocenters. The fourth-order valence-electron chi connectivity index (χ4n) is 6.16. The second kappa shape index (κ2) is 12.8. The van der Waals surface area contributed by atoms with Crippen LogP contribution in [0.15, 0.2) is 158 Å². The van der Waals surface area contributed by atoms with Gasteiger partial charge in [-0.15, -0.1) is 0 Å². The monoisotopic (exact) mass is 592 g/mol. The van der Waals surface area contributed by atoms with Crippen LogP contribution in [0, 0.1) is 6.92 Å². The summed E-state index contributed by atoms with van der Waals surface area (Å²) in [5.74, 6) is 0.222. The number of hydrogen-bond donors (Lipinski definition) is 0. The summed E-state index contributed by atoms with van der Waals surface area (Å²) in [6.45, 7) is 6.62. The molecule has 2 heterocycles. The lowest BCUT2D eigenvalue weighted by atomic mass is 9.92. The lowest BCUT2D eigenvalue weighted by Gasteiger charge is -2.13. The Morgan fingerprint density at radius 3 is 1.87 bits per heavy atom. The van der Waals surface area contributed by atoms with Crippen LogP contribution in [-0.4, -0.2) is 9.97 Å². The number of pyridine rings is 2. The van der Waals surface area contributed by atoms with Crippen LogP contribution in [0.25, 0.3) is 55.5 Å². The predicted molar refractivity (Wildman–Crippen MR) is 196 cm³/mol. The molecule has 0 aliphatic heterocycles. The number of hydrogen-bond acceptors (Lipinski definition) is 2. The van der Waals surface area contributed by atoms with Gasteiger partial charge in [-0.1, -0.05) is 153 Å². The maximum absolute atomic E-state index is 5.21. The third-order valence-electron chi connectivity index (χ3n) is 8.79. The first-order chi connectivity index (χ1) is 22.5. The molecule has 222 valence electrons. The summed E-state index contributed by atoms with van der Waals surface area (Å²) < 4.78 is 0. The van der Waals surface area contributed by atoms with E-state index in [4.69, 9.17) is 9.97 Å². The van der Waals surface area contributed by atoms with E-state index in [0.29, 0.717) is 0 Å². The van der Waals surface area contributed by atoms with Gasteiger partial charge >= 0.3 is 0 Å². The minimum Gasteiger partial charge on any atom is -0.245 e. The van der Waals surface area contributed by atoms with Gasteiger partial charge in [0.05, 0.1) is 22.4 Å². The highest BCUT2D eigenvalue weighted by Gasteiger charge is 2.12. The van der Waals surface area contributed by atoms with E-state index in [1.54, 1.807) is 0 Å². The summed E-state index contributed by atoms with van der Waals surface area (Å²) in [6.07, 6.45) is 4.68. The van der Waals surface area contributed by atoms with Crippen molar-refractivity contribution in [2.75, 3.05) is 0 Å². The van der Waals surface area contributed by atoms with E-state index in [-0.39, 0.29) is 5.92 Å². The standard InChI is InChI=1S/C44H36N2/c1-30(33-13-7-4-8-14-33)27-39(35-15-9-5-10-16-35)28-31(2)34-19-21-37(22-20-34)42-29-32(3)40-25-23-38-24-26-41(36-17-11-6-12-18-36)45-43(38)44(40)46-42/h4-29,31H,1-3H3/b30-27+,39-28+/t31-/m1/s1. The molecule has 7 aromatic rings. The molecule has 2 aromatic heterocycles. The molecule has 2 nitrogen and oxygen atoms in total. The molecule has 7 rings (SSSR count). The molecule has 0 spiro atoms. The number of nitrogens with zero attached hydrogens (tertiary/aromatic N) is 2. The van der Waals surface area contributed by atoms with E-state index < -0.39 is 0 Å². The van der Waals surface area contributed by atoms with Gasteiger partial charge in [-0.3, -0.25) is 0 Å². The van der Waals surface area contributed by atoms with Gasteiger partial charge in [0.25, 0.3) is 0 Å². The molecule has 0 amide bonds. The van der Waals surface area contributed by atoms with E-state index in [0.717, 1.165) is 44.3 Å². The number of fused-ring (bicyclic) bond motifs is 3. The topological polar surface area (TPSA) is 25.8 Å². The third-order valence-corrected chi connectivity index (χ3v) is 8.79. The number of allylic oxidation sites excluding steroid dienone is 4. The quantitative estimate of drug-likeness (QED) is 0.136. The van der Waals surface area contributed by atoms with Crippen LogP contribution >= 0.6 is 0 Å². The lowest BCUT2D eigenvalue weighted by Crippen LogP contribution is -1.95. The van der Waals surface area contributed by atoms with Crippen LogP contribution in [-0.2, 0) is 0 Å². The van der Waals surface area contributed by atoms with Crippen molar-refractivity contribution in [1.82, 2.24) is 9.97 Å². The summed E-state index contributed by atoms with van der Waals surface area (Å²) in [5.41, 5.74) is 13.4. The molecule has 0 fully saturated rings. The Labute approximate surface area is 271 Å². The van der Waals surface area contributed by atoms with Crippen molar-refractivity contribution < 1.29 is 0 Å². The summed E-state index contributed by atoms with van der Waals surface area (Å²) in [7, 11) is 0. The van der Waals surface area contributed by atoms with Crippen molar-refractivity contribution in [2.24, 2.45) is 0 Å². The Hall–Kier alpha value is -5.60. The van der Waals surface area contributed by atoms with Crippen molar-refractivity contribution in [1.29, 1.82) is 0 Å². The van der Waals surface area contributed by atoms with Gasteiger partial charge in [-0.25, -0.2) is 9.97 Å². The smallest absolute Gasteiger partial charge is 0.0975 e. The molecule has 5 aromatic carbocycles. The molecule has 0 aliphatic carbocycles. The molecule has 0 bridgehead atoms. The van der Waals surface area contributed by atoms with E-state index in [1.165, 1.54) is 33.4 Å². The summed E-state index contributed by atoms with van der Waals surface area (Å²) in [6, 6.07) is 51.2. The Bertz CT molecular complexity index is 2200. The fourth-order valence-corrected chi connectivity index (χ4v) is 6.16. The first-order valence-electron chi connectivity index (χ1n) is 15.9. The van der Waals surface area contributed by atoms with Crippen LogP contribution in [0.1, 0.15) is 42.0 Å². The Balaban J connectivity index is 1.24. The zero-order valence-electron chi connectivity index (χ0n) is 26.5. The van der Waals surface area contributed by atoms with Crippen molar-refractivity contribution in [3.63, 3.8) is 0 Å². The Morgan fingerprint density at radius 2 is 1.17 bits per heavy atom. The van der Waals surface area contributed by atoms with Crippen molar-refractivity contribution in [3.05, 3.63) is 180 Å². The number of rotatable bonds is 7. The molecule has 2 heteroatoms. The largest absolute Gasteiger partial charge is 0.245 e. The van der Waals surface area contributed by atoms with Gasteiger partial charge in [-0.2, -0.15) is 0 Å². The van der Waals surface area contributed by atoms with Gasteiger partial charge < -0.3 is 0 Å². The lowest BCUT2D eigenvalue weighted by molar-refractivity contribution is 0.970. The predicted octanol–water partition coefficient (Wildman–Crippen LogP) is 11.7. The van der Waals surface area contributed by atoms with Crippen LogP contribution in [0.3, 0.4) is 0 Å². The molecule has 0 saturated heterocycles. The number of benzene rings is 5. The summed E-state index contributed by atoms with van der Waals surface area (Å²) in [5, 5.41) is 2.23. The SMILES string of the molecule is C/C(=C\C(=C/[C@@H](C)c1ccc(-c2cc(C)c3ccc4ccc(-c5ccccc5)nc4c3n2)cc1)c1ccccc1)c1ccccc1. The van der Waals surface area contributed by atoms with E-state index >= 15 is 0 Å². The highest BCUT2D eigenvalue weighted by atomic mass is 14.8. The average Bonchev–Trinajstić information content (AvgIpc) is 3.12. The first-order valence-corrected chi connectivity index (χ1v) is 15.9. The highest BCUT2D eigenvalue weighted by Crippen LogP contribution is 2.32. The van der Waals surface area contributed by atoms with Crippen LogP contribution in [0.2, 0.25) is 0 Å². The van der Waals surface area contributed by atoms with Gasteiger partial charge in [0.15, 0.2) is 0 Å². The zero-order chi connectivity index (χ0) is 31.5. The molecule has 0 aliphatic rings. The van der Waals surface area contributed by atoms with Gasteiger partial charge in [0.2, 0.25) is 0 Å². The van der Waals surface area contributed by atoms with Crippen molar-refractivity contribution >= 4 is 33.0 Å². The molecular weight excluding hydrogens is 556 g/mol. The third kappa shape index (κ3) is 6.03.